The maximum Gasteiger partial charge on any atom is 0.302 e. The van der Waals surface area contributed by atoms with Crippen molar-refractivity contribution in [2.45, 2.75) is 117 Å². The van der Waals surface area contributed by atoms with Gasteiger partial charge in [-0.3, -0.25) is 4.79 Å². The SMILES string of the molecule is CC(=O)O[C@H]1CC[C@@]2(C)[C@@H](CC[C@@H]3[C@@H]2CC[C@]2(C)[C@@H]([C@H](C)[C@H](O)[C@@H]4C[C@H](C)CO4)[C@@H](O)C[C@@H]32)C1. The first-order valence-electron chi connectivity index (χ1n) is 14.2. The van der Waals surface area contributed by atoms with Crippen molar-refractivity contribution < 1.29 is 24.5 Å². The predicted molar refractivity (Wildman–Crippen MR) is 131 cm³/mol. The van der Waals surface area contributed by atoms with Gasteiger partial charge in [-0.15, -0.1) is 0 Å². The first-order chi connectivity index (χ1) is 16.0. The molecule has 34 heavy (non-hydrogen) atoms. The van der Waals surface area contributed by atoms with E-state index in [1.54, 1.807) is 0 Å². The second-order valence-corrected chi connectivity index (χ2v) is 13.6. The largest absolute Gasteiger partial charge is 0.463 e. The number of aliphatic hydroxyl groups is 2. The Morgan fingerprint density at radius 1 is 1.03 bits per heavy atom. The topological polar surface area (TPSA) is 76.0 Å². The van der Waals surface area contributed by atoms with Gasteiger partial charge in [-0.25, -0.2) is 0 Å². The predicted octanol–water partition coefficient (Wildman–Crippen LogP) is 4.97. The van der Waals surface area contributed by atoms with E-state index in [0.29, 0.717) is 35.0 Å². The summed E-state index contributed by atoms with van der Waals surface area (Å²) in [6.45, 7) is 11.6. The standard InChI is InChI=1S/C29H48O5/c1-16-12-25(33-15-16)27(32)17(2)26-24(31)14-23-21-7-6-19-13-20(34-18(3)30)8-10-28(19,4)22(21)9-11-29(23,26)5/h16-17,19-27,31-32H,6-15H2,1-5H3/t16-,17-,19-,20-,21+,22-,23-,24-,25-,26-,27-,28-,29-/m0/s1. The third-order valence-corrected chi connectivity index (χ3v) is 11.8. The van der Waals surface area contributed by atoms with Gasteiger partial charge in [0.25, 0.3) is 0 Å². The van der Waals surface area contributed by atoms with Crippen molar-refractivity contribution in [2.24, 2.45) is 52.3 Å². The lowest BCUT2D eigenvalue weighted by molar-refractivity contribution is -0.161. The number of carbonyl (C=O) groups is 1. The molecule has 13 atom stereocenters. The van der Waals surface area contributed by atoms with Crippen molar-refractivity contribution in [1.82, 2.24) is 0 Å². The smallest absolute Gasteiger partial charge is 0.302 e. The van der Waals surface area contributed by atoms with Crippen LogP contribution in [0.5, 0.6) is 0 Å². The van der Waals surface area contributed by atoms with Crippen LogP contribution >= 0.6 is 0 Å². The number of rotatable bonds is 4. The second-order valence-electron chi connectivity index (χ2n) is 13.6. The van der Waals surface area contributed by atoms with Gasteiger partial charge in [0.15, 0.2) is 0 Å². The molecule has 1 heterocycles. The maximum atomic E-state index is 11.5. The highest BCUT2D eigenvalue weighted by Gasteiger charge is 2.63. The molecule has 2 N–H and O–H groups in total. The first-order valence-corrected chi connectivity index (χ1v) is 14.2. The number of ether oxygens (including phenoxy) is 2. The summed E-state index contributed by atoms with van der Waals surface area (Å²) in [6.07, 6.45) is 8.99. The Hall–Kier alpha value is -0.650. The Labute approximate surface area is 206 Å². The number of carbonyl (C=O) groups excluding carboxylic acids is 1. The van der Waals surface area contributed by atoms with Gasteiger partial charge in [-0.05, 0) is 110 Å². The molecule has 1 aliphatic heterocycles. The minimum absolute atomic E-state index is 0.0444. The summed E-state index contributed by atoms with van der Waals surface area (Å²) in [5, 5.41) is 22.7. The number of hydrogen-bond acceptors (Lipinski definition) is 5. The molecule has 4 aliphatic carbocycles. The zero-order valence-corrected chi connectivity index (χ0v) is 22.0. The molecule has 5 aliphatic rings. The van der Waals surface area contributed by atoms with Crippen molar-refractivity contribution >= 4 is 5.97 Å². The van der Waals surface area contributed by atoms with Crippen LogP contribution < -0.4 is 0 Å². The van der Waals surface area contributed by atoms with Gasteiger partial charge in [0.1, 0.15) is 6.10 Å². The zero-order valence-electron chi connectivity index (χ0n) is 22.0. The molecule has 0 radical (unpaired) electrons. The average Bonchev–Trinajstić information content (AvgIpc) is 3.32. The van der Waals surface area contributed by atoms with E-state index < -0.39 is 6.10 Å². The molecule has 4 saturated carbocycles. The van der Waals surface area contributed by atoms with Crippen molar-refractivity contribution in [2.75, 3.05) is 6.61 Å². The monoisotopic (exact) mass is 476 g/mol. The summed E-state index contributed by atoms with van der Waals surface area (Å²) in [4.78, 5) is 11.5. The fourth-order valence-corrected chi connectivity index (χ4v) is 10.2. The molecular formula is C29H48O5. The summed E-state index contributed by atoms with van der Waals surface area (Å²) in [5.41, 5.74) is 0.409. The van der Waals surface area contributed by atoms with E-state index in [0.717, 1.165) is 45.1 Å². The summed E-state index contributed by atoms with van der Waals surface area (Å²) in [6, 6.07) is 0. The Bertz CT molecular complexity index is 770. The first kappa shape index (κ1) is 25.0. The molecule has 0 spiro atoms. The van der Waals surface area contributed by atoms with Crippen LogP contribution in [0.1, 0.15) is 92.4 Å². The molecule has 0 aromatic carbocycles. The highest BCUT2D eigenvalue weighted by Crippen LogP contribution is 2.68. The minimum atomic E-state index is -0.497. The summed E-state index contributed by atoms with van der Waals surface area (Å²) in [5.74, 6) is 3.08. The van der Waals surface area contributed by atoms with Crippen molar-refractivity contribution in [3.8, 4) is 0 Å². The molecule has 5 nitrogen and oxygen atoms in total. The fraction of sp³-hybridized carbons (Fsp3) is 0.966. The number of hydrogen-bond donors (Lipinski definition) is 2. The third kappa shape index (κ3) is 3.96. The van der Waals surface area contributed by atoms with E-state index in [1.807, 2.05) is 0 Å². The lowest BCUT2D eigenvalue weighted by Gasteiger charge is -2.61. The van der Waals surface area contributed by atoms with E-state index in [2.05, 4.69) is 27.7 Å². The molecule has 0 aromatic heterocycles. The van der Waals surface area contributed by atoms with Crippen LogP contribution in [-0.2, 0) is 14.3 Å². The van der Waals surface area contributed by atoms with Crippen LogP contribution in [0.2, 0.25) is 0 Å². The van der Waals surface area contributed by atoms with Crippen LogP contribution in [0.4, 0.5) is 0 Å². The lowest BCUT2D eigenvalue weighted by Crippen LogP contribution is -2.55. The van der Waals surface area contributed by atoms with E-state index in [4.69, 9.17) is 9.47 Å². The summed E-state index contributed by atoms with van der Waals surface area (Å²) < 4.78 is 11.6. The van der Waals surface area contributed by atoms with E-state index in [9.17, 15) is 15.0 Å². The number of esters is 1. The minimum Gasteiger partial charge on any atom is -0.463 e. The molecule has 5 rings (SSSR count). The van der Waals surface area contributed by atoms with Gasteiger partial charge in [-0.1, -0.05) is 27.7 Å². The Morgan fingerprint density at radius 3 is 2.44 bits per heavy atom. The van der Waals surface area contributed by atoms with Crippen molar-refractivity contribution in [1.29, 1.82) is 0 Å². The number of aliphatic hydroxyl groups excluding tert-OH is 2. The van der Waals surface area contributed by atoms with Crippen LogP contribution in [0.25, 0.3) is 0 Å². The molecular weight excluding hydrogens is 428 g/mol. The maximum absolute atomic E-state index is 11.5. The molecule has 5 fully saturated rings. The highest BCUT2D eigenvalue weighted by atomic mass is 16.5. The van der Waals surface area contributed by atoms with Crippen LogP contribution in [0.3, 0.4) is 0 Å². The lowest BCUT2D eigenvalue weighted by atomic mass is 9.44. The quantitative estimate of drug-likeness (QED) is 0.560. The Kier molecular flexibility index (Phi) is 6.64. The van der Waals surface area contributed by atoms with Gasteiger partial charge >= 0.3 is 5.97 Å². The van der Waals surface area contributed by atoms with Crippen molar-refractivity contribution in [3.05, 3.63) is 0 Å². The van der Waals surface area contributed by atoms with Crippen molar-refractivity contribution in [3.63, 3.8) is 0 Å². The van der Waals surface area contributed by atoms with Gasteiger partial charge in [0, 0.05) is 13.5 Å². The molecule has 1 saturated heterocycles. The Balaban J connectivity index is 1.32. The highest BCUT2D eigenvalue weighted by molar-refractivity contribution is 5.66. The van der Waals surface area contributed by atoms with Crippen LogP contribution in [-0.4, -0.2) is 47.2 Å². The van der Waals surface area contributed by atoms with Gasteiger partial charge in [-0.2, -0.15) is 0 Å². The van der Waals surface area contributed by atoms with E-state index in [-0.39, 0.29) is 41.5 Å². The molecule has 0 aromatic rings. The van der Waals surface area contributed by atoms with Gasteiger partial charge in [0.05, 0.1) is 18.3 Å². The van der Waals surface area contributed by atoms with Gasteiger partial charge in [0.2, 0.25) is 0 Å². The molecule has 0 bridgehead atoms. The average molecular weight is 477 g/mol. The molecule has 5 heteroatoms. The summed E-state index contributed by atoms with van der Waals surface area (Å²) in [7, 11) is 0. The molecule has 0 amide bonds. The molecule has 194 valence electrons. The number of fused-ring (bicyclic) bond motifs is 5. The second kappa shape index (κ2) is 9.03. The fourth-order valence-electron chi connectivity index (χ4n) is 10.2. The van der Waals surface area contributed by atoms with Gasteiger partial charge < -0.3 is 19.7 Å². The normalized spacial score (nSPS) is 52.3. The molecule has 0 unspecified atom stereocenters. The summed E-state index contributed by atoms with van der Waals surface area (Å²) >= 11 is 0. The van der Waals surface area contributed by atoms with Crippen LogP contribution in [0, 0.1) is 52.3 Å². The van der Waals surface area contributed by atoms with Crippen LogP contribution in [0.15, 0.2) is 0 Å². The zero-order chi connectivity index (χ0) is 24.4. The van der Waals surface area contributed by atoms with E-state index in [1.165, 1.54) is 26.2 Å². The third-order valence-electron chi connectivity index (χ3n) is 11.8. The Morgan fingerprint density at radius 2 is 1.76 bits per heavy atom. The van der Waals surface area contributed by atoms with E-state index >= 15 is 0 Å².